The lowest BCUT2D eigenvalue weighted by Gasteiger charge is -2.64. The third kappa shape index (κ3) is 4.13. The predicted molar refractivity (Wildman–Crippen MR) is 122 cm³/mol. The second kappa shape index (κ2) is 8.56. The number of rotatable bonds is 6. The summed E-state index contributed by atoms with van der Waals surface area (Å²) in [6.45, 7) is 7.13. The normalized spacial score (nSPS) is 49.9. The van der Waals surface area contributed by atoms with Gasteiger partial charge in [-0.1, -0.05) is 33.6 Å². The van der Waals surface area contributed by atoms with Crippen molar-refractivity contribution in [3.63, 3.8) is 0 Å². The van der Waals surface area contributed by atoms with Gasteiger partial charge in [0.1, 0.15) is 0 Å². The zero-order valence-corrected chi connectivity index (χ0v) is 20.5. The van der Waals surface area contributed by atoms with E-state index >= 15 is 0 Å². The molecular formula is C25H44O5S. The Labute approximate surface area is 189 Å². The smallest absolute Gasteiger partial charge is 0.264 e. The number of aliphatic hydroxyl groups excluding tert-OH is 2. The molecule has 0 amide bonds. The predicted octanol–water partition coefficient (Wildman–Crippen LogP) is 4.67. The van der Waals surface area contributed by atoms with Crippen LogP contribution in [0.1, 0.15) is 91.4 Å². The second-order valence-electron chi connectivity index (χ2n) is 12.0. The summed E-state index contributed by atoms with van der Waals surface area (Å²) in [5, 5.41) is 22.1. The molecule has 10 atom stereocenters. The second-order valence-corrected chi connectivity index (χ2v) is 13.6. The molecule has 0 spiro atoms. The Bertz CT molecular complexity index is 753. The quantitative estimate of drug-likeness (QED) is 0.399. The Kier molecular flexibility index (Phi) is 6.62. The lowest BCUT2D eigenvalue weighted by molar-refractivity contribution is -0.202. The van der Waals surface area contributed by atoms with E-state index in [-0.39, 0.29) is 34.7 Å². The van der Waals surface area contributed by atoms with E-state index in [9.17, 15) is 18.6 Å². The van der Waals surface area contributed by atoms with Gasteiger partial charge in [0.05, 0.1) is 18.0 Å². The fraction of sp³-hybridized carbons (Fsp3) is 1.00. The van der Waals surface area contributed by atoms with Crippen LogP contribution in [0.4, 0.5) is 0 Å². The Morgan fingerprint density at radius 1 is 0.903 bits per heavy atom. The first-order valence-electron chi connectivity index (χ1n) is 12.8. The average molecular weight is 457 g/mol. The van der Waals surface area contributed by atoms with Gasteiger partial charge in [-0.25, -0.2) is 0 Å². The summed E-state index contributed by atoms with van der Waals surface area (Å²) in [5.41, 5.74) is 0.467. The molecule has 4 rings (SSSR count). The number of hydrogen-bond donors (Lipinski definition) is 3. The molecule has 0 aromatic carbocycles. The molecule has 0 aliphatic heterocycles. The van der Waals surface area contributed by atoms with Crippen LogP contribution >= 0.6 is 0 Å². The van der Waals surface area contributed by atoms with Gasteiger partial charge in [0.25, 0.3) is 10.1 Å². The van der Waals surface area contributed by atoms with Crippen LogP contribution in [0.2, 0.25) is 0 Å². The van der Waals surface area contributed by atoms with E-state index in [0.29, 0.717) is 36.0 Å². The van der Waals surface area contributed by atoms with Crippen molar-refractivity contribution in [2.75, 3.05) is 5.75 Å². The fourth-order valence-electron chi connectivity index (χ4n) is 9.22. The maximum Gasteiger partial charge on any atom is 0.264 e. The number of hydrogen-bond acceptors (Lipinski definition) is 4. The van der Waals surface area contributed by atoms with Crippen molar-refractivity contribution in [2.24, 2.45) is 46.3 Å². The van der Waals surface area contributed by atoms with E-state index in [0.717, 1.165) is 38.5 Å². The molecule has 3 N–H and O–H groups in total. The maximum absolute atomic E-state index is 11.7. The third-order valence-corrected chi connectivity index (χ3v) is 11.6. The van der Waals surface area contributed by atoms with Crippen molar-refractivity contribution >= 4 is 10.1 Å². The molecule has 0 aromatic rings. The molecular weight excluding hydrogens is 412 g/mol. The highest BCUT2D eigenvalue weighted by molar-refractivity contribution is 7.85. The summed E-state index contributed by atoms with van der Waals surface area (Å²) in [6, 6.07) is 0. The molecule has 0 saturated heterocycles. The van der Waals surface area contributed by atoms with Gasteiger partial charge >= 0.3 is 0 Å². The van der Waals surface area contributed by atoms with E-state index < -0.39 is 10.1 Å². The van der Waals surface area contributed by atoms with Crippen molar-refractivity contribution in [3.05, 3.63) is 0 Å². The molecule has 5 nitrogen and oxygen atoms in total. The molecule has 0 bridgehead atoms. The van der Waals surface area contributed by atoms with E-state index in [4.69, 9.17) is 4.55 Å². The van der Waals surface area contributed by atoms with Gasteiger partial charge in [-0.05, 0) is 104 Å². The van der Waals surface area contributed by atoms with E-state index in [2.05, 4.69) is 20.8 Å². The van der Waals surface area contributed by atoms with Gasteiger partial charge in [0.2, 0.25) is 0 Å². The van der Waals surface area contributed by atoms with Crippen molar-refractivity contribution in [3.8, 4) is 0 Å². The van der Waals surface area contributed by atoms with Gasteiger partial charge in [-0.2, -0.15) is 8.42 Å². The van der Waals surface area contributed by atoms with Crippen molar-refractivity contribution in [2.45, 2.75) is 104 Å². The highest BCUT2D eigenvalue weighted by atomic mass is 32.2. The minimum Gasteiger partial charge on any atom is -0.393 e. The summed E-state index contributed by atoms with van der Waals surface area (Å²) < 4.78 is 31.1. The molecule has 4 fully saturated rings. The van der Waals surface area contributed by atoms with Crippen LogP contribution < -0.4 is 0 Å². The van der Waals surface area contributed by atoms with Crippen LogP contribution in [0.5, 0.6) is 0 Å². The highest BCUT2D eigenvalue weighted by Crippen LogP contribution is 2.69. The molecule has 4 saturated carbocycles. The van der Waals surface area contributed by atoms with Gasteiger partial charge in [0, 0.05) is 0 Å². The van der Waals surface area contributed by atoms with Gasteiger partial charge in [-0.15, -0.1) is 0 Å². The maximum atomic E-state index is 11.7. The molecule has 6 heteroatoms. The van der Waals surface area contributed by atoms with Gasteiger partial charge in [-0.3, -0.25) is 4.55 Å². The Balaban J connectivity index is 1.52. The van der Waals surface area contributed by atoms with E-state index in [1.165, 1.54) is 25.7 Å². The fourth-order valence-corrected chi connectivity index (χ4v) is 9.78. The highest BCUT2D eigenvalue weighted by Gasteiger charge is 2.64. The molecule has 3 unspecified atom stereocenters. The number of fused-ring (bicyclic) bond motifs is 5. The van der Waals surface area contributed by atoms with Gasteiger partial charge in [0.15, 0.2) is 0 Å². The Morgan fingerprint density at radius 3 is 2.26 bits per heavy atom. The van der Waals surface area contributed by atoms with Crippen molar-refractivity contribution in [1.82, 2.24) is 0 Å². The van der Waals surface area contributed by atoms with Crippen molar-refractivity contribution in [1.29, 1.82) is 0 Å². The SMILES string of the molecule is CC[C@H]1[C@@H](O)C2C3CC[C@H](CCCCS(=O)(=O)O)[C@@]3(C)CCC2[C@@]2(C)CC[C@@H](O)C[C@@H]12. The lowest BCUT2D eigenvalue weighted by atomic mass is 9.41. The first-order valence-corrected chi connectivity index (χ1v) is 14.4. The zero-order valence-electron chi connectivity index (χ0n) is 19.7. The van der Waals surface area contributed by atoms with Crippen molar-refractivity contribution < 1.29 is 23.2 Å². The molecule has 0 radical (unpaired) electrons. The monoisotopic (exact) mass is 456 g/mol. The molecule has 180 valence electrons. The summed E-state index contributed by atoms with van der Waals surface area (Å²) in [4.78, 5) is 0. The zero-order chi connectivity index (χ0) is 22.6. The molecule has 0 heterocycles. The summed E-state index contributed by atoms with van der Waals surface area (Å²) in [6.07, 6.45) is 10.5. The summed E-state index contributed by atoms with van der Waals surface area (Å²) in [5.74, 6) is 2.64. The molecule has 31 heavy (non-hydrogen) atoms. The van der Waals surface area contributed by atoms with Crippen LogP contribution in [0.15, 0.2) is 0 Å². The van der Waals surface area contributed by atoms with Crippen LogP contribution in [-0.4, -0.2) is 41.1 Å². The minimum atomic E-state index is -3.86. The summed E-state index contributed by atoms with van der Waals surface area (Å²) >= 11 is 0. The van der Waals surface area contributed by atoms with Crippen LogP contribution in [0, 0.1) is 46.3 Å². The lowest BCUT2D eigenvalue weighted by Crippen LogP contribution is -2.62. The minimum absolute atomic E-state index is 0.132. The van der Waals surface area contributed by atoms with E-state index in [1.54, 1.807) is 0 Å². The Hall–Kier alpha value is -0.170. The van der Waals surface area contributed by atoms with E-state index in [1.807, 2.05) is 0 Å². The molecule has 0 aromatic heterocycles. The first-order chi connectivity index (χ1) is 14.5. The topological polar surface area (TPSA) is 94.8 Å². The largest absolute Gasteiger partial charge is 0.393 e. The van der Waals surface area contributed by atoms with Crippen LogP contribution in [0.3, 0.4) is 0 Å². The molecule has 4 aliphatic carbocycles. The number of aliphatic hydroxyl groups is 2. The number of unbranched alkanes of at least 4 members (excludes halogenated alkanes) is 1. The first kappa shape index (κ1) is 24.0. The average Bonchev–Trinajstić information content (AvgIpc) is 3.02. The van der Waals surface area contributed by atoms with Crippen LogP contribution in [0.25, 0.3) is 0 Å². The molecule has 4 aliphatic rings. The third-order valence-electron chi connectivity index (χ3n) is 10.8. The standard InChI is InChI=1S/C25H44O5S/c1-4-18-21-15-17(26)10-12-25(21,3)20-11-13-24(2)16(7-5-6-14-31(28,29)30)8-9-19(24)22(20)23(18)27/h16-23,26-27H,4-15H2,1-3H3,(H,28,29,30)/t16-,17+,18+,19?,20?,21-,22?,23+,24+,25+/m0/s1. The Morgan fingerprint density at radius 2 is 1.58 bits per heavy atom. The van der Waals surface area contributed by atoms with Crippen LogP contribution in [-0.2, 0) is 10.1 Å². The van der Waals surface area contributed by atoms with Gasteiger partial charge < -0.3 is 10.2 Å². The summed E-state index contributed by atoms with van der Waals surface area (Å²) in [7, 11) is -3.86.